The van der Waals surface area contributed by atoms with Gasteiger partial charge in [-0.3, -0.25) is 0 Å². The van der Waals surface area contributed by atoms with Crippen molar-refractivity contribution in [2.75, 3.05) is 0 Å². The van der Waals surface area contributed by atoms with Crippen molar-refractivity contribution in [3.63, 3.8) is 0 Å². The summed E-state index contributed by atoms with van der Waals surface area (Å²) < 4.78 is 0. The molecule has 0 aliphatic rings. The van der Waals surface area contributed by atoms with Crippen LogP contribution in [0.3, 0.4) is 0 Å². The largest absolute Gasteiger partial charge is 0.198 e. The average Bonchev–Trinajstić information content (AvgIpc) is 2.95. The Morgan fingerprint density at radius 1 is 0.552 bits per heavy atom. The number of hydrogen-bond acceptors (Lipinski definition) is 0. The number of hydrogen-bond donors (Lipinski definition) is 0. The van der Waals surface area contributed by atoms with Gasteiger partial charge in [-0.1, -0.05) is 119 Å². The number of benzene rings is 3. The van der Waals surface area contributed by atoms with E-state index in [0.29, 0.717) is 0 Å². The first kappa shape index (κ1) is 21.6. The van der Waals surface area contributed by atoms with E-state index in [-0.39, 0.29) is 21.7 Å². The van der Waals surface area contributed by atoms with Gasteiger partial charge in [0.05, 0.1) is 0 Å². The fourth-order valence-corrected chi connectivity index (χ4v) is 10.2. The molecule has 0 radical (unpaired) electrons. The van der Waals surface area contributed by atoms with E-state index in [1.165, 1.54) is 37.8 Å². The monoisotopic (exact) mass is 427 g/mol. The Morgan fingerprint density at radius 3 is 1.17 bits per heavy atom. The molecule has 0 aromatic heterocycles. The second-order valence-electron chi connectivity index (χ2n) is 7.72. The van der Waals surface area contributed by atoms with Gasteiger partial charge in [-0.05, 0) is 15.6 Å². The van der Waals surface area contributed by atoms with Crippen LogP contribution in [0.1, 0.15) is 22.3 Å². The summed E-state index contributed by atoms with van der Waals surface area (Å²) in [4.78, 5) is 0. The Balaban J connectivity index is 0.00000240. The van der Waals surface area contributed by atoms with Crippen molar-refractivity contribution in [3.05, 3.63) is 113 Å². The molecule has 0 amide bonds. The van der Waals surface area contributed by atoms with E-state index in [2.05, 4.69) is 119 Å². The molecular weight excluding hydrogens is 400 g/mol. The van der Waals surface area contributed by atoms with Crippen molar-refractivity contribution in [1.29, 1.82) is 0 Å². The summed E-state index contributed by atoms with van der Waals surface area (Å²) in [6, 6.07) is 33.5. The Bertz CT molecular complexity index is 958. The summed E-state index contributed by atoms with van der Waals surface area (Å²) in [6.07, 6.45) is 0. The molecule has 0 N–H and O–H groups in total. The second-order valence-corrected chi connectivity index (χ2v) is 11.5. The molecule has 0 bridgehead atoms. The Kier molecular flexibility index (Phi) is 6.53. The zero-order valence-corrected chi connectivity index (χ0v) is 20.2. The summed E-state index contributed by atoms with van der Waals surface area (Å²) in [5.74, 6) is 0. The van der Waals surface area contributed by atoms with Gasteiger partial charge in [0.15, 0.2) is 8.07 Å². The standard InChI is InChI=1S/C27H27Si.Ti/c1-20-21(2)23(4)27(22(20)3)28(24-14-8-5-9-15-24,25-16-10-6-11-17-25)26-18-12-7-13-19-26;/h5-19H,1-4H3;/q-1;. The van der Waals surface area contributed by atoms with E-state index in [9.17, 15) is 0 Å². The van der Waals surface area contributed by atoms with Gasteiger partial charge in [0.2, 0.25) is 0 Å². The Hall–Kier alpha value is -2.06. The normalized spacial score (nSPS) is 11.2. The van der Waals surface area contributed by atoms with Crippen molar-refractivity contribution in [2.24, 2.45) is 0 Å². The van der Waals surface area contributed by atoms with E-state index < -0.39 is 8.07 Å². The molecule has 4 rings (SSSR count). The minimum Gasteiger partial charge on any atom is -0.198 e. The van der Waals surface area contributed by atoms with E-state index in [4.69, 9.17) is 0 Å². The molecule has 4 aromatic carbocycles. The maximum atomic E-state index is 2.34. The summed E-state index contributed by atoms with van der Waals surface area (Å²) >= 11 is 0. The van der Waals surface area contributed by atoms with E-state index in [0.717, 1.165) is 0 Å². The maximum Gasteiger partial charge on any atom is 0.155 e. The van der Waals surface area contributed by atoms with Gasteiger partial charge in [-0.2, -0.15) is 27.4 Å². The molecular formula is C27H27SiTi-. The molecule has 0 aliphatic heterocycles. The molecule has 0 spiro atoms. The SMILES string of the molecule is Cc1c(C)c([Si](c2ccccc2)(c2ccccc2)c2ccccc2)[c-](C)c1C.[Ti]. The van der Waals surface area contributed by atoms with Crippen LogP contribution in [0.25, 0.3) is 0 Å². The fourth-order valence-electron chi connectivity index (χ4n) is 4.78. The van der Waals surface area contributed by atoms with Crippen molar-refractivity contribution in [3.8, 4) is 0 Å². The molecule has 0 saturated heterocycles. The van der Waals surface area contributed by atoms with Crippen LogP contribution in [-0.2, 0) is 21.7 Å². The van der Waals surface area contributed by atoms with Gasteiger partial charge >= 0.3 is 0 Å². The predicted octanol–water partition coefficient (Wildman–Crippen LogP) is 4.01. The molecule has 2 heteroatoms. The zero-order valence-electron chi connectivity index (χ0n) is 17.7. The van der Waals surface area contributed by atoms with Crippen molar-refractivity contribution < 1.29 is 21.7 Å². The third kappa shape index (κ3) is 3.42. The summed E-state index contributed by atoms with van der Waals surface area (Å²) in [5.41, 5.74) is 5.79. The van der Waals surface area contributed by atoms with Gasteiger partial charge in [-0.25, -0.2) is 0 Å². The third-order valence-electron chi connectivity index (χ3n) is 6.43. The van der Waals surface area contributed by atoms with Gasteiger partial charge in [0.1, 0.15) is 0 Å². The Morgan fingerprint density at radius 2 is 0.897 bits per heavy atom. The van der Waals surface area contributed by atoms with Gasteiger partial charge in [0.25, 0.3) is 0 Å². The molecule has 0 saturated carbocycles. The van der Waals surface area contributed by atoms with Gasteiger partial charge in [0, 0.05) is 21.7 Å². The van der Waals surface area contributed by atoms with Crippen molar-refractivity contribution in [2.45, 2.75) is 27.7 Å². The zero-order chi connectivity index (χ0) is 19.7. The average molecular weight is 427 g/mol. The summed E-state index contributed by atoms with van der Waals surface area (Å²) in [7, 11) is -2.40. The van der Waals surface area contributed by atoms with Crippen LogP contribution in [0.15, 0.2) is 91.0 Å². The smallest absolute Gasteiger partial charge is 0.155 e. The first-order valence-corrected chi connectivity index (χ1v) is 12.0. The van der Waals surface area contributed by atoms with Crippen LogP contribution in [0.2, 0.25) is 0 Å². The van der Waals surface area contributed by atoms with Crippen LogP contribution < -0.4 is 20.7 Å². The minimum absolute atomic E-state index is 0. The Labute approximate surface area is 190 Å². The minimum atomic E-state index is -2.40. The van der Waals surface area contributed by atoms with Crippen LogP contribution in [0, 0.1) is 27.7 Å². The molecule has 0 unspecified atom stereocenters. The van der Waals surface area contributed by atoms with Crippen LogP contribution in [0.4, 0.5) is 0 Å². The first-order valence-electron chi connectivity index (χ1n) is 9.98. The van der Waals surface area contributed by atoms with Crippen molar-refractivity contribution in [1.82, 2.24) is 0 Å². The molecule has 144 valence electrons. The summed E-state index contributed by atoms with van der Waals surface area (Å²) in [5, 5.41) is 5.90. The van der Waals surface area contributed by atoms with E-state index in [1.54, 1.807) is 5.19 Å². The van der Waals surface area contributed by atoms with Crippen LogP contribution in [-0.4, -0.2) is 8.07 Å². The number of rotatable bonds is 4. The van der Waals surface area contributed by atoms with E-state index >= 15 is 0 Å². The predicted molar refractivity (Wildman–Crippen MR) is 125 cm³/mol. The fraction of sp³-hybridized carbons (Fsp3) is 0.148. The molecule has 0 heterocycles. The van der Waals surface area contributed by atoms with Crippen molar-refractivity contribution >= 4 is 28.8 Å². The van der Waals surface area contributed by atoms with Gasteiger partial charge < -0.3 is 0 Å². The molecule has 0 aliphatic carbocycles. The van der Waals surface area contributed by atoms with E-state index in [1.807, 2.05) is 0 Å². The van der Waals surface area contributed by atoms with Crippen LogP contribution in [0.5, 0.6) is 0 Å². The first-order chi connectivity index (χ1) is 13.6. The molecule has 29 heavy (non-hydrogen) atoms. The molecule has 4 aromatic rings. The topological polar surface area (TPSA) is 0 Å². The summed E-state index contributed by atoms with van der Waals surface area (Å²) in [6.45, 7) is 9.20. The molecule has 0 atom stereocenters. The van der Waals surface area contributed by atoms with Gasteiger partial charge in [-0.15, -0.1) is 0 Å². The molecule has 0 fully saturated rings. The second kappa shape index (κ2) is 8.75. The third-order valence-corrected chi connectivity index (χ3v) is 11.5. The quantitative estimate of drug-likeness (QED) is 0.262. The maximum absolute atomic E-state index is 2.40. The molecule has 0 nitrogen and oxygen atoms in total. The van der Waals surface area contributed by atoms with Crippen LogP contribution >= 0.6 is 0 Å².